The third kappa shape index (κ3) is 5.03. The van der Waals surface area contributed by atoms with Crippen LogP contribution < -0.4 is 20.3 Å². The van der Waals surface area contributed by atoms with Gasteiger partial charge in [-0.05, 0) is 55.0 Å². The molecule has 7 heteroatoms. The topological polar surface area (TPSA) is 79.6 Å². The average molecular weight is 409 g/mol. The number of methoxy groups -OCH3 is 1. The zero-order chi connectivity index (χ0) is 20.8. The van der Waals surface area contributed by atoms with Crippen LogP contribution in [0.3, 0.4) is 0 Å². The van der Waals surface area contributed by atoms with Crippen molar-refractivity contribution in [2.45, 2.75) is 19.3 Å². The van der Waals surface area contributed by atoms with Crippen molar-refractivity contribution in [1.82, 2.24) is 15.6 Å². The van der Waals surface area contributed by atoms with Gasteiger partial charge in [0, 0.05) is 26.2 Å². The SMILES string of the molecule is COc1ccc(CCNC(=O)NCC2CCN(c3nc4ccccc4o3)CC2)cc1. The van der Waals surface area contributed by atoms with Crippen molar-refractivity contribution in [2.75, 3.05) is 38.2 Å². The summed E-state index contributed by atoms with van der Waals surface area (Å²) in [5, 5.41) is 5.94. The predicted octanol–water partition coefficient (Wildman–Crippen LogP) is 3.59. The first-order valence-electron chi connectivity index (χ1n) is 10.5. The molecular formula is C23H28N4O3. The number of ether oxygens (including phenoxy) is 1. The lowest BCUT2D eigenvalue weighted by Gasteiger charge is -2.30. The number of benzene rings is 2. The number of nitrogens with zero attached hydrogens (tertiary/aromatic N) is 2. The van der Waals surface area contributed by atoms with Crippen LogP contribution in [0.25, 0.3) is 11.1 Å². The molecule has 2 aromatic carbocycles. The van der Waals surface area contributed by atoms with E-state index in [1.165, 1.54) is 5.56 Å². The number of piperidine rings is 1. The molecule has 30 heavy (non-hydrogen) atoms. The molecule has 0 saturated carbocycles. The van der Waals surface area contributed by atoms with Crippen molar-refractivity contribution in [3.8, 4) is 5.75 Å². The van der Waals surface area contributed by atoms with Gasteiger partial charge in [-0.25, -0.2) is 4.79 Å². The number of hydrogen-bond donors (Lipinski definition) is 2. The quantitative estimate of drug-likeness (QED) is 0.625. The number of hydrogen-bond acceptors (Lipinski definition) is 5. The van der Waals surface area contributed by atoms with Crippen molar-refractivity contribution in [2.24, 2.45) is 5.92 Å². The Balaban J connectivity index is 1.15. The number of anilines is 1. The van der Waals surface area contributed by atoms with E-state index in [-0.39, 0.29) is 6.03 Å². The first-order valence-corrected chi connectivity index (χ1v) is 10.5. The van der Waals surface area contributed by atoms with E-state index in [0.717, 1.165) is 49.2 Å². The summed E-state index contributed by atoms with van der Waals surface area (Å²) in [5.41, 5.74) is 2.88. The molecule has 1 aromatic heterocycles. The van der Waals surface area contributed by atoms with Gasteiger partial charge in [-0.3, -0.25) is 0 Å². The van der Waals surface area contributed by atoms with Gasteiger partial charge in [0.05, 0.1) is 7.11 Å². The van der Waals surface area contributed by atoms with Crippen molar-refractivity contribution in [1.29, 1.82) is 0 Å². The third-order valence-corrected chi connectivity index (χ3v) is 5.58. The molecule has 0 aliphatic carbocycles. The van der Waals surface area contributed by atoms with E-state index in [2.05, 4.69) is 20.5 Å². The molecule has 1 aliphatic heterocycles. The average Bonchev–Trinajstić information content (AvgIpc) is 3.23. The number of carbonyl (C=O) groups is 1. The van der Waals surface area contributed by atoms with Crippen LogP contribution in [-0.2, 0) is 6.42 Å². The number of amides is 2. The maximum atomic E-state index is 12.1. The number of rotatable bonds is 7. The van der Waals surface area contributed by atoms with Gasteiger partial charge < -0.3 is 24.7 Å². The minimum atomic E-state index is -0.107. The number of nitrogens with one attached hydrogen (secondary N) is 2. The van der Waals surface area contributed by atoms with Crippen molar-refractivity contribution in [3.05, 3.63) is 54.1 Å². The Bertz CT molecular complexity index is 929. The van der Waals surface area contributed by atoms with Crippen molar-refractivity contribution >= 4 is 23.1 Å². The van der Waals surface area contributed by atoms with Gasteiger partial charge in [0.25, 0.3) is 6.01 Å². The van der Waals surface area contributed by atoms with Gasteiger partial charge in [-0.1, -0.05) is 24.3 Å². The molecule has 1 aliphatic rings. The van der Waals surface area contributed by atoms with E-state index >= 15 is 0 Å². The van der Waals surface area contributed by atoms with Crippen molar-refractivity contribution in [3.63, 3.8) is 0 Å². The number of oxazole rings is 1. The fourth-order valence-corrected chi connectivity index (χ4v) is 3.74. The molecule has 1 fully saturated rings. The van der Waals surface area contributed by atoms with Crippen LogP contribution in [0.15, 0.2) is 52.9 Å². The zero-order valence-corrected chi connectivity index (χ0v) is 17.3. The lowest BCUT2D eigenvalue weighted by Crippen LogP contribution is -2.42. The van der Waals surface area contributed by atoms with Gasteiger partial charge in [0.2, 0.25) is 0 Å². The van der Waals surface area contributed by atoms with Crippen LogP contribution in [0, 0.1) is 5.92 Å². The first-order chi connectivity index (χ1) is 14.7. The van der Waals surface area contributed by atoms with Crippen LogP contribution in [-0.4, -0.2) is 44.3 Å². The van der Waals surface area contributed by atoms with E-state index in [1.807, 2.05) is 48.5 Å². The summed E-state index contributed by atoms with van der Waals surface area (Å²) in [7, 11) is 1.65. The highest BCUT2D eigenvalue weighted by atomic mass is 16.5. The molecule has 2 N–H and O–H groups in total. The highest BCUT2D eigenvalue weighted by Crippen LogP contribution is 2.26. The largest absolute Gasteiger partial charge is 0.497 e. The molecule has 0 unspecified atom stereocenters. The number of carbonyl (C=O) groups excluding carboxylic acids is 1. The van der Waals surface area contributed by atoms with Gasteiger partial charge in [-0.2, -0.15) is 4.98 Å². The van der Waals surface area contributed by atoms with Crippen LogP contribution in [0.2, 0.25) is 0 Å². The molecule has 0 atom stereocenters. The second kappa shape index (κ2) is 9.52. The van der Waals surface area contributed by atoms with E-state index in [1.54, 1.807) is 7.11 Å². The fourth-order valence-electron chi connectivity index (χ4n) is 3.74. The van der Waals surface area contributed by atoms with Gasteiger partial charge in [0.1, 0.15) is 11.3 Å². The summed E-state index contributed by atoms with van der Waals surface area (Å²) in [6.45, 7) is 3.07. The van der Waals surface area contributed by atoms with Crippen LogP contribution >= 0.6 is 0 Å². The second-order valence-corrected chi connectivity index (χ2v) is 7.63. The molecule has 0 spiro atoms. The summed E-state index contributed by atoms with van der Waals surface area (Å²) in [6.07, 6.45) is 2.80. The predicted molar refractivity (Wildman–Crippen MR) is 117 cm³/mol. The first kappa shape index (κ1) is 20.1. The highest BCUT2D eigenvalue weighted by molar-refractivity contribution is 5.74. The second-order valence-electron chi connectivity index (χ2n) is 7.63. The zero-order valence-electron chi connectivity index (χ0n) is 17.3. The Morgan fingerprint density at radius 1 is 1.13 bits per heavy atom. The Labute approximate surface area is 176 Å². The Morgan fingerprint density at radius 3 is 2.63 bits per heavy atom. The molecule has 0 bridgehead atoms. The molecular weight excluding hydrogens is 380 g/mol. The monoisotopic (exact) mass is 408 g/mol. The maximum Gasteiger partial charge on any atom is 0.314 e. The number of para-hydroxylation sites is 2. The number of aromatic nitrogens is 1. The Kier molecular flexibility index (Phi) is 6.37. The van der Waals surface area contributed by atoms with E-state index in [0.29, 0.717) is 25.0 Å². The molecule has 0 radical (unpaired) electrons. The summed E-state index contributed by atoms with van der Waals surface area (Å²) in [6, 6.07) is 16.3. The van der Waals surface area contributed by atoms with Gasteiger partial charge in [0.15, 0.2) is 5.58 Å². The number of urea groups is 1. The third-order valence-electron chi connectivity index (χ3n) is 5.58. The van der Waals surface area contributed by atoms with Crippen LogP contribution in [0.4, 0.5) is 10.8 Å². The molecule has 7 nitrogen and oxygen atoms in total. The summed E-state index contributed by atoms with van der Waals surface area (Å²) >= 11 is 0. The molecule has 2 heterocycles. The maximum absolute atomic E-state index is 12.1. The molecule has 1 saturated heterocycles. The van der Waals surface area contributed by atoms with Crippen LogP contribution in [0.1, 0.15) is 18.4 Å². The van der Waals surface area contributed by atoms with E-state index in [4.69, 9.17) is 9.15 Å². The molecule has 2 amide bonds. The number of fused-ring (bicyclic) bond motifs is 1. The minimum absolute atomic E-state index is 0.107. The normalized spacial score (nSPS) is 14.6. The van der Waals surface area contributed by atoms with Crippen LogP contribution in [0.5, 0.6) is 5.75 Å². The van der Waals surface area contributed by atoms with E-state index in [9.17, 15) is 4.79 Å². The lowest BCUT2D eigenvalue weighted by molar-refractivity contribution is 0.237. The summed E-state index contributed by atoms with van der Waals surface area (Å²) in [4.78, 5) is 18.8. The highest BCUT2D eigenvalue weighted by Gasteiger charge is 2.23. The molecule has 158 valence electrons. The van der Waals surface area contributed by atoms with Crippen molar-refractivity contribution < 1.29 is 13.9 Å². The smallest absolute Gasteiger partial charge is 0.314 e. The standard InChI is InChI=1S/C23H28N4O3/c1-29-19-8-6-17(7-9-19)10-13-24-22(28)25-16-18-11-14-27(15-12-18)23-26-20-4-2-3-5-21(20)30-23/h2-9,18H,10-16H2,1H3,(H2,24,25,28). The molecule has 4 rings (SSSR count). The van der Waals surface area contributed by atoms with Gasteiger partial charge >= 0.3 is 6.03 Å². The summed E-state index contributed by atoms with van der Waals surface area (Å²) < 4.78 is 11.0. The minimum Gasteiger partial charge on any atom is -0.497 e. The Morgan fingerprint density at radius 2 is 1.90 bits per heavy atom. The van der Waals surface area contributed by atoms with Gasteiger partial charge in [-0.15, -0.1) is 0 Å². The lowest BCUT2D eigenvalue weighted by atomic mass is 9.97. The van der Waals surface area contributed by atoms with E-state index < -0.39 is 0 Å². The summed E-state index contributed by atoms with van der Waals surface area (Å²) in [5.74, 6) is 1.31. The fraction of sp³-hybridized carbons (Fsp3) is 0.391. The Hall–Kier alpha value is -3.22. The molecule has 3 aromatic rings.